The number of rotatable bonds is 8. The molecular formula is C18H25N3O3. The summed E-state index contributed by atoms with van der Waals surface area (Å²) in [5, 5.41) is 11.6. The molecule has 0 bridgehead atoms. The highest BCUT2D eigenvalue weighted by molar-refractivity contribution is 5.90. The lowest BCUT2D eigenvalue weighted by Gasteiger charge is -2.32. The smallest absolute Gasteiger partial charge is 0.224 e. The number of ether oxygens (including phenoxy) is 2. The minimum absolute atomic E-state index is 0.00361. The van der Waals surface area contributed by atoms with Crippen LogP contribution in [0.2, 0.25) is 0 Å². The number of hydrogen-bond donors (Lipinski definition) is 1. The minimum atomic E-state index is 0.00361. The minimum Gasteiger partial charge on any atom is -0.385 e. The number of carbonyl (C=O) groups is 1. The van der Waals surface area contributed by atoms with Gasteiger partial charge in [0.15, 0.2) is 0 Å². The fourth-order valence-electron chi connectivity index (χ4n) is 2.72. The molecule has 1 fully saturated rings. The molecule has 1 aromatic rings. The predicted octanol–water partition coefficient (Wildman–Crippen LogP) is 2.01. The van der Waals surface area contributed by atoms with E-state index in [1.807, 2.05) is 0 Å². The van der Waals surface area contributed by atoms with Gasteiger partial charge >= 0.3 is 0 Å². The van der Waals surface area contributed by atoms with Gasteiger partial charge in [-0.1, -0.05) is 0 Å². The number of carbonyl (C=O) groups excluding carboxylic acids is 1. The second-order valence-corrected chi connectivity index (χ2v) is 5.92. The molecule has 1 aliphatic rings. The second kappa shape index (κ2) is 10.0. The summed E-state index contributed by atoms with van der Waals surface area (Å²) in [5.74, 6) is 0.00361. The number of nitrogens with zero attached hydrogens (tertiary/aromatic N) is 2. The first kappa shape index (κ1) is 18.4. The normalized spacial score (nSPS) is 18.1. The second-order valence-electron chi connectivity index (χ2n) is 5.92. The summed E-state index contributed by atoms with van der Waals surface area (Å²) >= 11 is 0. The van der Waals surface area contributed by atoms with Gasteiger partial charge in [-0.05, 0) is 43.7 Å². The van der Waals surface area contributed by atoms with Gasteiger partial charge in [-0.2, -0.15) is 5.26 Å². The summed E-state index contributed by atoms with van der Waals surface area (Å²) in [6, 6.07) is 8.95. The van der Waals surface area contributed by atoms with Crippen LogP contribution in [0.4, 0.5) is 5.69 Å². The van der Waals surface area contributed by atoms with E-state index in [1.165, 1.54) is 0 Å². The van der Waals surface area contributed by atoms with E-state index in [9.17, 15) is 4.79 Å². The van der Waals surface area contributed by atoms with E-state index >= 15 is 0 Å². The molecule has 1 atom stereocenters. The standard InChI is InChI=1S/C18H25N3O3/c1-23-11-8-17-14-21(10-12-24-17)9-2-3-18(22)20-16-6-4-15(13-19)5-7-16/h4-7,17H,2-3,8-12,14H2,1H3,(H,20,22). The van der Waals surface area contributed by atoms with E-state index in [4.69, 9.17) is 14.7 Å². The maximum atomic E-state index is 12.0. The average Bonchev–Trinajstić information content (AvgIpc) is 2.61. The van der Waals surface area contributed by atoms with Gasteiger partial charge < -0.3 is 14.8 Å². The van der Waals surface area contributed by atoms with Crippen molar-refractivity contribution >= 4 is 11.6 Å². The number of morpholine rings is 1. The first-order valence-corrected chi connectivity index (χ1v) is 8.34. The third-order valence-corrected chi connectivity index (χ3v) is 4.04. The molecule has 6 heteroatoms. The zero-order valence-electron chi connectivity index (χ0n) is 14.2. The Morgan fingerprint density at radius 2 is 2.25 bits per heavy atom. The van der Waals surface area contributed by atoms with Gasteiger partial charge in [-0.3, -0.25) is 9.69 Å². The van der Waals surface area contributed by atoms with Gasteiger partial charge in [-0.15, -0.1) is 0 Å². The van der Waals surface area contributed by atoms with Crippen molar-refractivity contribution in [2.45, 2.75) is 25.4 Å². The summed E-state index contributed by atoms with van der Waals surface area (Å²) in [7, 11) is 1.70. The Hall–Kier alpha value is -1.94. The maximum absolute atomic E-state index is 12.0. The van der Waals surface area contributed by atoms with Gasteiger partial charge in [-0.25, -0.2) is 0 Å². The molecule has 2 rings (SSSR count). The number of hydrogen-bond acceptors (Lipinski definition) is 5. The van der Waals surface area contributed by atoms with Gasteiger partial charge in [0.25, 0.3) is 0 Å². The van der Waals surface area contributed by atoms with Crippen LogP contribution in [0, 0.1) is 11.3 Å². The number of nitriles is 1. The van der Waals surface area contributed by atoms with Crippen molar-refractivity contribution in [2.75, 3.05) is 45.3 Å². The van der Waals surface area contributed by atoms with Crippen LogP contribution in [0.5, 0.6) is 0 Å². The summed E-state index contributed by atoms with van der Waals surface area (Å²) in [4.78, 5) is 14.3. The first-order chi connectivity index (χ1) is 11.7. The molecule has 0 spiro atoms. The van der Waals surface area contributed by atoms with Crippen LogP contribution in [-0.2, 0) is 14.3 Å². The summed E-state index contributed by atoms with van der Waals surface area (Å²) in [6.07, 6.45) is 2.44. The number of methoxy groups -OCH3 is 1. The van der Waals surface area contributed by atoms with Crippen LogP contribution >= 0.6 is 0 Å². The van der Waals surface area contributed by atoms with Crippen molar-refractivity contribution < 1.29 is 14.3 Å². The maximum Gasteiger partial charge on any atom is 0.224 e. The van der Waals surface area contributed by atoms with E-state index < -0.39 is 0 Å². The Kier molecular flexibility index (Phi) is 7.69. The number of anilines is 1. The largest absolute Gasteiger partial charge is 0.385 e. The number of benzene rings is 1. The lowest BCUT2D eigenvalue weighted by atomic mass is 10.2. The van der Waals surface area contributed by atoms with Crippen LogP contribution < -0.4 is 5.32 Å². The van der Waals surface area contributed by atoms with E-state index in [-0.39, 0.29) is 12.0 Å². The van der Waals surface area contributed by atoms with Gasteiger partial charge in [0, 0.05) is 38.9 Å². The summed E-state index contributed by atoms with van der Waals surface area (Å²) < 4.78 is 10.8. The molecule has 6 nitrogen and oxygen atoms in total. The summed E-state index contributed by atoms with van der Waals surface area (Å²) in [6.45, 7) is 4.17. The molecule has 0 aliphatic carbocycles. The van der Waals surface area contributed by atoms with Gasteiger partial charge in [0.05, 0.1) is 24.3 Å². The lowest BCUT2D eigenvalue weighted by molar-refractivity contribution is -0.116. The fraction of sp³-hybridized carbons (Fsp3) is 0.556. The van der Waals surface area contributed by atoms with E-state index in [2.05, 4.69) is 16.3 Å². The molecule has 1 aromatic carbocycles. The number of nitrogens with one attached hydrogen (secondary N) is 1. The quantitative estimate of drug-likeness (QED) is 0.789. The number of amides is 1. The van der Waals surface area contributed by atoms with Crippen molar-refractivity contribution in [3.05, 3.63) is 29.8 Å². The topological polar surface area (TPSA) is 74.6 Å². The van der Waals surface area contributed by atoms with Crippen LogP contribution in [0.25, 0.3) is 0 Å². The SMILES string of the molecule is COCCC1CN(CCCC(=O)Nc2ccc(C#N)cc2)CCO1. The van der Waals surface area contributed by atoms with Crippen LogP contribution in [0.3, 0.4) is 0 Å². The van der Waals surface area contributed by atoms with Crippen molar-refractivity contribution in [3.8, 4) is 6.07 Å². The highest BCUT2D eigenvalue weighted by Gasteiger charge is 2.19. The van der Waals surface area contributed by atoms with E-state index in [1.54, 1.807) is 31.4 Å². The molecule has 130 valence electrons. The molecule has 1 aliphatic heterocycles. The predicted molar refractivity (Wildman–Crippen MR) is 91.7 cm³/mol. The molecule has 0 radical (unpaired) electrons. The molecule has 1 N–H and O–H groups in total. The molecule has 1 unspecified atom stereocenters. The molecule has 1 saturated heterocycles. The molecule has 1 heterocycles. The molecule has 0 aromatic heterocycles. The Labute approximate surface area is 143 Å². The highest BCUT2D eigenvalue weighted by atomic mass is 16.5. The average molecular weight is 331 g/mol. The monoisotopic (exact) mass is 331 g/mol. The zero-order chi connectivity index (χ0) is 17.2. The van der Waals surface area contributed by atoms with Crippen molar-refractivity contribution in [1.82, 2.24) is 4.90 Å². The van der Waals surface area contributed by atoms with Crippen molar-refractivity contribution in [3.63, 3.8) is 0 Å². The Morgan fingerprint density at radius 3 is 2.96 bits per heavy atom. The lowest BCUT2D eigenvalue weighted by Crippen LogP contribution is -2.43. The van der Waals surface area contributed by atoms with Crippen LogP contribution in [0.15, 0.2) is 24.3 Å². The first-order valence-electron chi connectivity index (χ1n) is 8.34. The highest BCUT2D eigenvalue weighted by Crippen LogP contribution is 2.11. The van der Waals surface area contributed by atoms with Crippen LogP contribution in [-0.4, -0.2) is 56.9 Å². The van der Waals surface area contributed by atoms with E-state index in [0.29, 0.717) is 18.6 Å². The van der Waals surface area contributed by atoms with Gasteiger partial charge in [0.1, 0.15) is 0 Å². The third-order valence-electron chi connectivity index (χ3n) is 4.04. The Bertz CT molecular complexity index is 554. The van der Waals surface area contributed by atoms with Gasteiger partial charge in [0.2, 0.25) is 5.91 Å². The molecule has 1 amide bonds. The third kappa shape index (κ3) is 6.28. The Balaban J connectivity index is 1.65. The van der Waals surface area contributed by atoms with Crippen molar-refractivity contribution in [1.29, 1.82) is 5.26 Å². The molecule has 0 saturated carbocycles. The molecular weight excluding hydrogens is 306 g/mol. The van der Waals surface area contributed by atoms with Crippen LogP contribution in [0.1, 0.15) is 24.8 Å². The fourth-order valence-corrected chi connectivity index (χ4v) is 2.72. The molecule has 24 heavy (non-hydrogen) atoms. The zero-order valence-corrected chi connectivity index (χ0v) is 14.2. The summed E-state index contributed by atoms with van der Waals surface area (Å²) in [5.41, 5.74) is 1.31. The Morgan fingerprint density at radius 1 is 1.46 bits per heavy atom. The van der Waals surface area contributed by atoms with Crippen molar-refractivity contribution in [2.24, 2.45) is 0 Å². The van der Waals surface area contributed by atoms with E-state index in [0.717, 1.165) is 44.8 Å².